The fourth-order valence-corrected chi connectivity index (χ4v) is 2.79. The Morgan fingerprint density at radius 3 is 2.68 bits per heavy atom. The quantitative estimate of drug-likeness (QED) is 0.811. The fraction of sp³-hybridized carbons (Fsp3) is 0.316. The van der Waals surface area contributed by atoms with Gasteiger partial charge in [0.05, 0.1) is 0 Å². The first kappa shape index (κ1) is 17.1. The minimum atomic E-state index is -0.275. The van der Waals surface area contributed by atoms with Gasteiger partial charge < -0.3 is 10.6 Å². The monoisotopic (exact) mass is 341 g/mol. The van der Waals surface area contributed by atoms with Crippen LogP contribution < -0.4 is 10.6 Å². The maximum Gasteiger partial charge on any atom is 0.223 e. The summed E-state index contributed by atoms with van der Waals surface area (Å²) in [5.74, 6) is -0.365. The first-order valence-electron chi connectivity index (χ1n) is 8.32. The van der Waals surface area contributed by atoms with E-state index in [4.69, 9.17) is 0 Å². The number of amides is 2. The van der Waals surface area contributed by atoms with Gasteiger partial charge in [0.1, 0.15) is 5.82 Å². The standard InChI is InChI=1S/C19H20FN3O2/c20-15-5-3-14(4-6-15)16-10-17(16)19(25)22-9-7-18(24)23-12-13-2-1-8-21-11-13/h1-6,8,11,16-17H,7,9-10,12H2,(H,22,25)(H,23,24)/t16-,17+/m1/s1. The number of hydrogen-bond donors (Lipinski definition) is 2. The van der Waals surface area contributed by atoms with Crippen LogP contribution in [0.25, 0.3) is 0 Å². The molecule has 2 atom stereocenters. The van der Waals surface area contributed by atoms with Crippen LogP contribution >= 0.6 is 0 Å². The van der Waals surface area contributed by atoms with Crippen molar-refractivity contribution >= 4 is 11.8 Å². The molecule has 0 saturated heterocycles. The molecule has 3 rings (SSSR count). The summed E-state index contributed by atoms with van der Waals surface area (Å²) in [5, 5.41) is 5.59. The van der Waals surface area contributed by atoms with Crippen LogP contribution in [-0.4, -0.2) is 23.3 Å². The normalized spacial score (nSPS) is 18.4. The predicted molar refractivity (Wildman–Crippen MR) is 91.0 cm³/mol. The lowest BCUT2D eigenvalue weighted by Gasteiger charge is -2.07. The zero-order valence-corrected chi connectivity index (χ0v) is 13.7. The molecule has 0 radical (unpaired) electrons. The number of nitrogens with zero attached hydrogens (tertiary/aromatic N) is 1. The smallest absolute Gasteiger partial charge is 0.223 e. The first-order chi connectivity index (χ1) is 12.1. The highest BCUT2D eigenvalue weighted by molar-refractivity contribution is 5.83. The molecule has 5 nitrogen and oxygen atoms in total. The molecule has 1 fully saturated rings. The topological polar surface area (TPSA) is 71.1 Å². The summed E-state index contributed by atoms with van der Waals surface area (Å²) >= 11 is 0. The summed E-state index contributed by atoms with van der Waals surface area (Å²) in [6, 6.07) is 9.97. The van der Waals surface area contributed by atoms with E-state index in [1.807, 2.05) is 12.1 Å². The largest absolute Gasteiger partial charge is 0.355 e. The Kier molecular flexibility index (Phi) is 5.38. The maximum atomic E-state index is 12.9. The molecular weight excluding hydrogens is 321 g/mol. The van der Waals surface area contributed by atoms with E-state index >= 15 is 0 Å². The highest BCUT2D eigenvalue weighted by atomic mass is 19.1. The third-order valence-electron chi connectivity index (χ3n) is 4.29. The number of carbonyl (C=O) groups is 2. The van der Waals surface area contributed by atoms with E-state index < -0.39 is 0 Å². The molecule has 6 heteroatoms. The maximum absolute atomic E-state index is 12.9. The van der Waals surface area contributed by atoms with E-state index in [0.717, 1.165) is 17.5 Å². The number of hydrogen-bond acceptors (Lipinski definition) is 3. The lowest BCUT2D eigenvalue weighted by molar-refractivity contribution is -0.123. The average Bonchev–Trinajstić information content (AvgIpc) is 3.42. The van der Waals surface area contributed by atoms with Crippen LogP contribution in [-0.2, 0) is 16.1 Å². The van der Waals surface area contributed by atoms with Gasteiger partial charge in [0, 0.05) is 37.8 Å². The SMILES string of the molecule is O=C(CCNC(=O)[C@H]1C[C@@H]1c1ccc(F)cc1)NCc1cccnc1. The lowest BCUT2D eigenvalue weighted by Crippen LogP contribution is -2.31. The fourth-order valence-electron chi connectivity index (χ4n) is 2.79. The molecule has 1 aromatic heterocycles. The van der Waals surface area contributed by atoms with Gasteiger partial charge in [0.2, 0.25) is 11.8 Å². The van der Waals surface area contributed by atoms with E-state index in [1.165, 1.54) is 12.1 Å². The second-order valence-electron chi connectivity index (χ2n) is 6.18. The lowest BCUT2D eigenvalue weighted by atomic mass is 10.1. The second-order valence-corrected chi connectivity index (χ2v) is 6.18. The van der Waals surface area contributed by atoms with Gasteiger partial charge in [0.25, 0.3) is 0 Å². The van der Waals surface area contributed by atoms with Crippen molar-refractivity contribution in [2.24, 2.45) is 5.92 Å². The Balaban J connectivity index is 1.34. The van der Waals surface area contributed by atoms with Gasteiger partial charge in [-0.3, -0.25) is 14.6 Å². The summed E-state index contributed by atoms with van der Waals surface area (Å²) in [6.07, 6.45) is 4.38. The highest BCUT2D eigenvalue weighted by Gasteiger charge is 2.43. The zero-order valence-electron chi connectivity index (χ0n) is 13.7. The van der Waals surface area contributed by atoms with E-state index in [2.05, 4.69) is 15.6 Å². The van der Waals surface area contributed by atoms with E-state index in [1.54, 1.807) is 24.5 Å². The van der Waals surface area contributed by atoms with Crippen molar-refractivity contribution in [2.45, 2.75) is 25.3 Å². The van der Waals surface area contributed by atoms with Crippen molar-refractivity contribution in [2.75, 3.05) is 6.54 Å². The molecule has 1 saturated carbocycles. The molecule has 0 bridgehead atoms. The van der Waals surface area contributed by atoms with E-state index in [-0.39, 0.29) is 35.9 Å². The number of halogens is 1. The Bertz CT molecular complexity index is 734. The highest BCUT2D eigenvalue weighted by Crippen LogP contribution is 2.47. The summed E-state index contributed by atoms with van der Waals surface area (Å²) in [4.78, 5) is 27.9. The van der Waals surface area contributed by atoms with Gasteiger partial charge in [0.15, 0.2) is 0 Å². The van der Waals surface area contributed by atoms with Gasteiger partial charge >= 0.3 is 0 Å². The number of rotatable bonds is 7. The zero-order chi connectivity index (χ0) is 17.6. The van der Waals surface area contributed by atoms with E-state index in [9.17, 15) is 14.0 Å². The molecule has 1 aliphatic rings. The van der Waals surface area contributed by atoms with Crippen LogP contribution in [0.15, 0.2) is 48.8 Å². The molecule has 130 valence electrons. The van der Waals surface area contributed by atoms with Crippen molar-refractivity contribution < 1.29 is 14.0 Å². The van der Waals surface area contributed by atoms with Crippen LogP contribution in [0.2, 0.25) is 0 Å². The second kappa shape index (κ2) is 7.88. The van der Waals surface area contributed by atoms with Gasteiger partial charge in [-0.25, -0.2) is 4.39 Å². The van der Waals surface area contributed by atoms with Crippen LogP contribution in [0.1, 0.15) is 29.9 Å². The van der Waals surface area contributed by atoms with Crippen LogP contribution in [0.5, 0.6) is 0 Å². The Morgan fingerprint density at radius 1 is 1.16 bits per heavy atom. The van der Waals surface area contributed by atoms with Gasteiger partial charge in [-0.05, 0) is 41.7 Å². The summed E-state index contributed by atoms with van der Waals surface area (Å²) in [6.45, 7) is 0.736. The number of nitrogens with one attached hydrogen (secondary N) is 2. The van der Waals surface area contributed by atoms with Crippen molar-refractivity contribution in [3.63, 3.8) is 0 Å². The van der Waals surface area contributed by atoms with Crippen molar-refractivity contribution in [1.82, 2.24) is 15.6 Å². The molecule has 1 heterocycles. The van der Waals surface area contributed by atoms with Crippen LogP contribution in [0.4, 0.5) is 4.39 Å². The Morgan fingerprint density at radius 2 is 1.96 bits per heavy atom. The van der Waals surface area contributed by atoms with E-state index in [0.29, 0.717) is 13.1 Å². The summed E-state index contributed by atoms with van der Waals surface area (Å²) in [7, 11) is 0. The molecule has 1 aliphatic carbocycles. The van der Waals surface area contributed by atoms with Crippen molar-refractivity contribution in [1.29, 1.82) is 0 Å². The molecule has 2 amide bonds. The van der Waals surface area contributed by atoms with Crippen molar-refractivity contribution in [3.8, 4) is 0 Å². The first-order valence-corrected chi connectivity index (χ1v) is 8.32. The van der Waals surface area contributed by atoms with Crippen LogP contribution in [0.3, 0.4) is 0 Å². The molecule has 2 aromatic rings. The van der Waals surface area contributed by atoms with Gasteiger partial charge in [-0.1, -0.05) is 18.2 Å². The van der Waals surface area contributed by atoms with Crippen LogP contribution in [0, 0.1) is 11.7 Å². The molecule has 2 N–H and O–H groups in total. The third-order valence-corrected chi connectivity index (χ3v) is 4.29. The minimum Gasteiger partial charge on any atom is -0.355 e. The summed E-state index contributed by atoms with van der Waals surface area (Å²) < 4.78 is 12.9. The molecule has 0 unspecified atom stereocenters. The van der Waals surface area contributed by atoms with Gasteiger partial charge in [-0.15, -0.1) is 0 Å². The predicted octanol–water partition coefficient (Wildman–Crippen LogP) is 2.15. The molecule has 25 heavy (non-hydrogen) atoms. The Hall–Kier alpha value is -2.76. The minimum absolute atomic E-state index is 0.0469. The number of pyridine rings is 1. The number of benzene rings is 1. The molecule has 0 aliphatic heterocycles. The Labute approximate surface area is 145 Å². The summed E-state index contributed by atoms with van der Waals surface area (Å²) in [5.41, 5.74) is 1.91. The molecular formula is C19H20FN3O2. The molecule has 0 spiro atoms. The molecule has 1 aromatic carbocycles. The van der Waals surface area contributed by atoms with Crippen molar-refractivity contribution in [3.05, 3.63) is 65.7 Å². The third kappa shape index (κ3) is 4.86. The van der Waals surface area contributed by atoms with Gasteiger partial charge in [-0.2, -0.15) is 0 Å². The number of carbonyl (C=O) groups excluding carboxylic acids is 2. The number of aromatic nitrogens is 1. The average molecular weight is 341 g/mol.